The smallest absolute Gasteiger partial charge is 0.233 e. The van der Waals surface area contributed by atoms with Gasteiger partial charge in [-0.3, -0.25) is 14.5 Å². The molecule has 2 N–H and O–H groups in total. The van der Waals surface area contributed by atoms with Crippen molar-refractivity contribution in [1.82, 2.24) is 20.5 Å². The molecule has 9 heteroatoms. The zero-order chi connectivity index (χ0) is 20.4. The van der Waals surface area contributed by atoms with Gasteiger partial charge in [0.1, 0.15) is 0 Å². The zero-order valence-electron chi connectivity index (χ0n) is 17.2. The topological polar surface area (TPSA) is 95.9 Å². The number of halogens is 1. The van der Waals surface area contributed by atoms with Crippen LogP contribution in [0.2, 0.25) is 0 Å². The lowest BCUT2D eigenvalue weighted by Gasteiger charge is -2.18. The van der Waals surface area contributed by atoms with Crippen LogP contribution in [0.3, 0.4) is 0 Å². The summed E-state index contributed by atoms with van der Waals surface area (Å²) in [4.78, 5) is 35.7. The van der Waals surface area contributed by atoms with Crippen molar-refractivity contribution in [2.24, 2.45) is 28.7 Å². The first-order valence-corrected chi connectivity index (χ1v) is 10.2. The molecule has 3 aliphatic rings. The average molecular weight is 525 g/mol. The summed E-state index contributed by atoms with van der Waals surface area (Å²) < 4.78 is 5.26. The number of allylic oxidation sites excluding steroid dienone is 2. The van der Waals surface area contributed by atoms with Crippen molar-refractivity contribution in [3.05, 3.63) is 36.0 Å². The summed E-state index contributed by atoms with van der Waals surface area (Å²) in [5, 5.41) is 6.40. The highest BCUT2D eigenvalue weighted by Crippen LogP contribution is 2.52. The number of rotatable bonds is 7. The number of aliphatic imine (C=N–C) groups is 1. The molecule has 2 amide bonds. The molecule has 1 aliphatic heterocycles. The van der Waals surface area contributed by atoms with Crippen LogP contribution in [0.15, 0.2) is 35.5 Å². The maximum absolute atomic E-state index is 12.7. The highest BCUT2D eigenvalue weighted by atomic mass is 127. The maximum Gasteiger partial charge on any atom is 0.233 e. The average Bonchev–Trinajstić information content (AvgIpc) is 3.41. The molecular weight excluding hydrogens is 497 g/mol. The summed E-state index contributed by atoms with van der Waals surface area (Å²) in [5.41, 5.74) is 0.882. The first-order chi connectivity index (χ1) is 14.1. The minimum atomic E-state index is -0.141. The fourth-order valence-electron chi connectivity index (χ4n) is 4.70. The number of hydrogen-bond acceptors (Lipinski definition) is 5. The van der Waals surface area contributed by atoms with Gasteiger partial charge in [0.05, 0.1) is 25.5 Å². The molecule has 8 nitrogen and oxygen atoms in total. The third kappa shape index (κ3) is 4.17. The lowest BCUT2D eigenvalue weighted by molar-refractivity contribution is -0.140. The zero-order valence-corrected chi connectivity index (χ0v) is 19.5. The lowest BCUT2D eigenvalue weighted by Crippen LogP contribution is -2.43. The Kier molecular flexibility index (Phi) is 7.32. The van der Waals surface area contributed by atoms with Crippen LogP contribution in [0.4, 0.5) is 0 Å². The van der Waals surface area contributed by atoms with Gasteiger partial charge in [-0.05, 0) is 31.2 Å². The van der Waals surface area contributed by atoms with Crippen molar-refractivity contribution in [3.63, 3.8) is 0 Å². The summed E-state index contributed by atoms with van der Waals surface area (Å²) >= 11 is 0. The quantitative estimate of drug-likeness (QED) is 0.185. The monoisotopic (exact) mass is 525 g/mol. The molecule has 1 aromatic rings. The van der Waals surface area contributed by atoms with E-state index in [1.165, 1.54) is 4.90 Å². The van der Waals surface area contributed by atoms with E-state index in [9.17, 15) is 9.59 Å². The van der Waals surface area contributed by atoms with Gasteiger partial charge in [0.25, 0.3) is 0 Å². The van der Waals surface area contributed by atoms with Crippen molar-refractivity contribution in [2.75, 3.05) is 26.7 Å². The number of carbonyl (C=O) groups is 2. The van der Waals surface area contributed by atoms with Gasteiger partial charge in [0, 0.05) is 31.4 Å². The minimum absolute atomic E-state index is 0. The Bertz CT molecular complexity index is 829. The van der Waals surface area contributed by atoms with Crippen LogP contribution in [0.1, 0.15) is 18.9 Å². The second-order valence-electron chi connectivity index (χ2n) is 7.62. The molecule has 2 aliphatic carbocycles. The molecule has 30 heavy (non-hydrogen) atoms. The molecule has 4 rings (SSSR count). The number of nitrogens with zero attached hydrogens (tertiary/aromatic N) is 3. The van der Waals surface area contributed by atoms with Gasteiger partial charge in [0.2, 0.25) is 17.7 Å². The van der Waals surface area contributed by atoms with Gasteiger partial charge in [0.15, 0.2) is 5.96 Å². The fraction of sp³-hybridized carbons (Fsp3) is 0.524. The maximum atomic E-state index is 12.7. The molecule has 0 aromatic carbocycles. The van der Waals surface area contributed by atoms with E-state index in [4.69, 9.17) is 4.74 Å². The molecule has 1 saturated carbocycles. The Labute approximate surface area is 193 Å². The largest absolute Gasteiger partial charge is 0.481 e. The molecule has 2 bridgehead atoms. The number of likely N-dealkylation sites (tertiary alicyclic amines) is 1. The van der Waals surface area contributed by atoms with Crippen LogP contribution in [-0.4, -0.2) is 54.4 Å². The minimum Gasteiger partial charge on any atom is -0.481 e. The third-order valence-corrected chi connectivity index (χ3v) is 5.98. The van der Waals surface area contributed by atoms with Crippen LogP contribution < -0.4 is 15.4 Å². The van der Waals surface area contributed by atoms with Crippen LogP contribution in [0.25, 0.3) is 0 Å². The van der Waals surface area contributed by atoms with Gasteiger partial charge in [-0.25, -0.2) is 9.98 Å². The van der Waals surface area contributed by atoms with E-state index in [2.05, 4.69) is 32.8 Å². The number of carbonyl (C=O) groups excluding carboxylic acids is 2. The van der Waals surface area contributed by atoms with E-state index in [-0.39, 0.29) is 59.5 Å². The number of ether oxygens (including phenoxy) is 1. The number of methoxy groups -OCH3 is 1. The van der Waals surface area contributed by atoms with E-state index in [1.807, 2.05) is 19.1 Å². The van der Waals surface area contributed by atoms with Gasteiger partial charge >= 0.3 is 0 Å². The molecule has 2 heterocycles. The van der Waals surface area contributed by atoms with E-state index in [1.54, 1.807) is 13.3 Å². The number of amides is 2. The molecule has 1 saturated heterocycles. The number of fused-ring (bicyclic) bond motifs is 5. The van der Waals surface area contributed by atoms with E-state index in [0.717, 1.165) is 12.0 Å². The standard InChI is InChI=1S/C21H27N5O3.HI/c1-3-22-21(25-12-15-5-4-8-23-18(15)29-2)24-9-10-26-19(27)16-13-6-7-14(11-13)17(16)20(26)28;/h4-8,13-14,16-17H,3,9-12H2,1-2H3,(H2,22,24,25);1H. The molecule has 0 radical (unpaired) electrons. The first kappa shape index (κ1) is 22.5. The first-order valence-electron chi connectivity index (χ1n) is 10.2. The Morgan fingerprint density at radius 2 is 1.93 bits per heavy atom. The van der Waals surface area contributed by atoms with Crippen LogP contribution in [-0.2, 0) is 16.1 Å². The number of nitrogens with one attached hydrogen (secondary N) is 2. The van der Waals surface area contributed by atoms with Crippen molar-refractivity contribution >= 4 is 41.8 Å². The molecule has 2 fully saturated rings. The Balaban J connectivity index is 0.00000256. The normalized spacial score (nSPS) is 26.6. The predicted octanol–water partition coefficient (Wildman–Crippen LogP) is 1.57. The third-order valence-electron chi connectivity index (χ3n) is 5.98. The Morgan fingerprint density at radius 3 is 2.57 bits per heavy atom. The number of imide groups is 1. The summed E-state index contributed by atoms with van der Waals surface area (Å²) in [6.45, 7) is 3.91. The van der Waals surface area contributed by atoms with E-state index < -0.39 is 0 Å². The SMILES string of the molecule is CCNC(=NCc1cccnc1OC)NCCN1C(=O)C2C3C=CC(C3)C2C1=O.I. The van der Waals surface area contributed by atoms with Crippen molar-refractivity contribution in [1.29, 1.82) is 0 Å². The number of pyridine rings is 1. The Hall–Kier alpha value is -2.17. The second kappa shape index (κ2) is 9.76. The number of guanidine groups is 1. The van der Waals surface area contributed by atoms with Crippen LogP contribution in [0.5, 0.6) is 5.88 Å². The molecular formula is C21H28IN5O3. The molecule has 4 unspecified atom stereocenters. The highest BCUT2D eigenvalue weighted by Gasteiger charge is 2.58. The molecule has 0 spiro atoms. The van der Waals surface area contributed by atoms with Crippen molar-refractivity contribution < 1.29 is 14.3 Å². The van der Waals surface area contributed by atoms with Gasteiger partial charge < -0.3 is 15.4 Å². The van der Waals surface area contributed by atoms with Crippen LogP contribution in [0, 0.1) is 23.7 Å². The van der Waals surface area contributed by atoms with Gasteiger partial charge in [-0.1, -0.05) is 18.2 Å². The molecule has 162 valence electrons. The fourth-order valence-corrected chi connectivity index (χ4v) is 4.70. The summed E-state index contributed by atoms with van der Waals surface area (Å²) in [6.07, 6.45) is 6.85. The summed E-state index contributed by atoms with van der Waals surface area (Å²) in [6, 6.07) is 3.76. The highest BCUT2D eigenvalue weighted by molar-refractivity contribution is 14.0. The van der Waals surface area contributed by atoms with Crippen molar-refractivity contribution in [3.8, 4) is 5.88 Å². The number of aromatic nitrogens is 1. The number of hydrogen-bond donors (Lipinski definition) is 2. The molecule has 1 aromatic heterocycles. The van der Waals surface area contributed by atoms with Gasteiger partial charge in [-0.15, -0.1) is 24.0 Å². The Morgan fingerprint density at radius 1 is 1.23 bits per heavy atom. The lowest BCUT2D eigenvalue weighted by atomic mass is 9.85. The summed E-state index contributed by atoms with van der Waals surface area (Å²) in [5.74, 6) is 1.35. The van der Waals surface area contributed by atoms with E-state index in [0.29, 0.717) is 38.0 Å². The molecule has 4 atom stereocenters. The summed E-state index contributed by atoms with van der Waals surface area (Å²) in [7, 11) is 1.58. The second-order valence-corrected chi connectivity index (χ2v) is 7.62. The van der Waals surface area contributed by atoms with Crippen molar-refractivity contribution in [2.45, 2.75) is 19.9 Å². The van der Waals surface area contributed by atoms with E-state index >= 15 is 0 Å². The predicted molar refractivity (Wildman–Crippen MR) is 123 cm³/mol. The van der Waals surface area contributed by atoms with Crippen LogP contribution >= 0.6 is 24.0 Å². The van der Waals surface area contributed by atoms with Gasteiger partial charge in [-0.2, -0.15) is 0 Å².